The lowest BCUT2D eigenvalue weighted by Crippen LogP contribution is -2.07. The lowest BCUT2D eigenvalue weighted by Gasteiger charge is -2.14. The molecule has 0 saturated carbocycles. The molecule has 2 aromatic carbocycles. The molecule has 0 aliphatic rings. The van der Waals surface area contributed by atoms with E-state index in [0.29, 0.717) is 22.4 Å². The Morgan fingerprint density at radius 2 is 1.83 bits per heavy atom. The average Bonchev–Trinajstić information content (AvgIpc) is 2.55. The van der Waals surface area contributed by atoms with E-state index in [9.17, 15) is 0 Å². The van der Waals surface area contributed by atoms with Gasteiger partial charge in [-0.25, -0.2) is 4.98 Å². The third kappa shape index (κ3) is 3.18. The van der Waals surface area contributed by atoms with Crippen LogP contribution in [0.1, 0.15) is 18.1 Å². The molecule has 0 radical (unpaired) electrons. The summed E-state index contributed by atoms with van der Waals surface area (Å²) < 4.78 is 0. The van der Waals surface area contributed by atoms with Crippen LogP contribution < -0.4 is 16.8 Å². The third-order valence-corrected chi connectivity index (χ3v) is 4.61. The van der Waals surface area contributed by atoms with Crippen LogP contribution in [0.5, 0.6) is 0 Å². The fraction of sp³-hybridized carbons (Fsp3) is 0.176. The van der Waals surface area contributed by atoms with Gasteiger partial charge < -0.3 is 16.8 Å². The van der Waals surface area contributed by atoms with E-state index in [-0.39, 0.29) is 5.95 Å². The Morgan fingerprint density at radius 1 is 1.04 bits per heavy atom. The van der Waals surface area contributed by atoms with Crippen LogP contribution in [-0.4, -0.2) is 9.97 Å². The highest BCUT2D eigenvalue weighted by atomic mass is 35.5. The molecule has 0 aliphatic heterocycles. The van der Waals surface area contributed by atoms with Gasteiger partial charge >= 0.3 is 0 Å². The lowest BCUT2D eigenvalue weighted by molar-refractivity contribution is 1.05. The summed E-state index contributed by atoms with van der Waals surface area (Å²) in [4.78, 5) is 8.34. The SMILES string of the molecule is CCc1c(CNc2ccc(Cl)c(Cl)c2)ccc2nc(N)nc(N)c12. The molecule has 3 rings (SSSR count). The summed E-state index contributed by atoms with van der Waals surface area (Å²) >= 11 is 12.0. The molecule has 1 heterocycles. The lowest BCUT2D eigenvalue weighted by atomic mass is 9.99. The summed E-state index contributed by atoms with van der Waals surface area (Å²) in [5.41, 5.74) is 15.6. The van der Waals surface area contributed by atoms with E-state index < -0.39 is 0 Å². The van der Waals surface area contributed by atoms with Crippen molar-refractivity contribution in [2.24, 2.45) is 0 Å². The molecule has 0 saturated heterocycles. The number of nitrogens with zero attached hydrogens (tertiary/aromatic N) is 2. The predicted octanol–water partition coefficient (Wildman–Crippen LogP) is 4.28. The van der Waals surface area contributed by atoms with Crippen molar-refractivity contribution in [2.45, 2.75) is 19.9 Å². The van der Waals surface area contributed by atoms with Gasteiger partial charge in [0.2, 0.25) is 5.95 Å². The first-order valence-electron chi connectivity index (χ1n) is 7.52. The van der Waals surface area contributed by atoms with E-state index in [1.807, 2.05) is 18.2 Å². The van der Waals surface area contributed by atoms with Gasteiger partial charge in [0.05, 0.1) is 15.6 Å². The van der Waals surface area contributed by atoms with E-state index >= 15 is 0 Å². The maximum absolute atomic E-state index is 6.06. The number of benzene rings is 2. The van der Waals surface area contributed by atoms with Crippen molar-refractivity contribution >= 4 is 51.6 Å². The van der Waals surface area contributed by atoms with Crippen molar-refractivity contribution in [3.05, 3.63) is 51.5 Å². The van der Waals surface area contributed by atoms with Gasteiger partial charge in [0, 0.05) is 17.6 Å². The van der Waals surface area contributed by atoms with E-state index in [2.05, 4.69) is 22.2 Å². The number of aromatic nitrogens is 2. The van der Waals surface area contributed by atoms with Crippen molar-refractivity contribution in [1.29, 1.82) is 0 Å². The maximum Gasteiger partial charge on any atom is 0.222 e. The minimum atomic E-state index is 0.184. The zero-order valence-electron chi connectivity index (χ0n) is 13.1. The molecule has 0 bridgehead atoms. The second-order valence-corrected chi connectivity index (χ2v) is 6.21. The average molecular weight is 362 g/mol. The highest BCUT2D eigenvalue weighted by Gasteiger charge is 2.12. The molecule has 0 aliphatic carbocycles. The number of hydrogen-bond acceptors (Lipinski definition) is 5. The molecule has 0 unspecified atom stereocenters. The van der Waals surface area contributed by atoms with Crippen LogP contribution in [0, 0.1) is 0 Å². The summed E-state index contributed by atoms with van der Waals surface area (Å²) in [6.45, 7) is 2.70. The first-order valence-corrected chi connectivity index (χ1v) is 8.27. The normalized spacial score (nSPS) is 11.0. The first kappa shape index (κ1) is 16.6. The zero-order valence-corrected chi connectivity index (χ0v) is 14.6. The fourth-order valence-electron chi connectivity index (χ4n) is 2.76. The van der Waals surface area contributed by atoms with Crippen LogP contribution in [0.4, 0.5) is 17.5 Å². The summed E-state index contributed by atoms with van der Waals surface area (Å²) in [5.74, 6) is 0.592. The molecule has 5 N–H and O–H groups in total. The van der Waals surface area contributed by atoms with E-state index in [4.69, 9.17) is 34.7 Å². The van der Waals surface area contributed by atoms with Crippen molar-refractivity contribution in [1.82, 2.24) is 9.97 Å². The van der Waals surface area contributed by atoms with Gasteiger partial charge in [0.15, 0.2) is 0 Å². The van der Waals surface area contributed by atoms with Crippen molar-refractivity contribution in [3.63, 3.8) is 0 Å². The van der Waals surface area contributed by atoms with Crippen LogP contribution in [0.2, 0.25) is 10.0 Å². The molecule has 5 nitrogen and oxygen atoms in total. The van der Waals surface area contributed by atoms with E-state index in [1.54, 1.807) is 12.1 Å². The molecular formula is C17H17Cl2N5. The number of anilines is 3. The second kappa shape index (κ2) is 6.71. The molecular weight excluding hydrogens is 345 g/mol. The number of fused-ring (bicyclic) bond motifs is 1. The van der Waals surface area contributed by atoms with E-state index in [1.165, 1.54) is 0 Å². The van der Waals surface area contributed by atoms with Crippen LogP contribution in [0.3, 0.4) is 0 Å². The Labute approximate surface area is 150 Å². The highest BCUT2D eigenvalue weighted by molar-refractivity contribution is 6.42. The number of hydrogen-bond donors (Lipinski definition) is 3. The van der Waals surface area contributed by atoms with Gasteiger partial charge in [0.25, 0.3) is 0 Å². The number of rotatable bonds is 4. The van der Waals surface area contributed by atoms with Crippen LogP contribution >= 0.6 is 23.2 Å². The maximum atomic E-state index is 6.06. The van der Waals surface area contributed by atoms with Gasteiger partial charge in [-0.15, -0.1) is 0 Å². The fourth-order valence-corrected chi connectivity index (χ4v) is 3.06. The quantitative estimate of drug-likeness (QED) is 0.645. The minimum Gasteiger partial charge on any atom is -0.383 e. The standard InChI is InChI=1S/C17H17Cl2N5/c1-2-11-9(8-22-10-4-5-12(18)13(19)7-10)3-6-14-15(11)16(20)24-17(21)23-14/h3-7,22H,2,8H2,1H3,(H4,20,21,23,24). The van der Waals surface area contributed by atoms with Gasteiger partial charge in [-0.3, -0.25) is 0 Å². The molecule has 1 aromatic heterocycles. The molecule has 124 valence electrons. The van der Waals surface area contributed by atoms with Crippen molar-refractivity contribution in [3.8, 4) is 0 Å². The molecule has 7 heteroatoms. The summed E-state index contributed by atoms with van der Waals surface area (Å²) in [6, 6.07) is 9.39. The van der Waals surface area contributed by atoms with Crippen LogP contribution in [0.25, 0.3) is 10.9 Å². The third-order valence-electron chi connectivity index (χ3n) is 3.87. The minimum absolute atomic E-state index is 0.184. The second-order valence-electron chi connectivity index (χ2n) is 5.40. The molecule has 0 fully saturated rings. The van der Waals surface area contributed by atoms with Crippen molar-refractivity contribution in [2.75, 3.05) is 16.8 Å². The molecule has 0 atom stereocenters. The van der Waals surface area contributed by atoms with Gasteiger partial charge in [0.1, 0.15) is 5.82 Å². The Hall–Kier alpha value is -2.24. The topological polar surface area (TPSA) is 89.8 Å². The van der Waals surface area contributed by atoms with Crippen molar-refractivity contribution < 1.29 is 0 Å². The Balaban J connectivity index is 1.95. The molecule has 0 amide bonds. The monoisotopic (exact) mass is 361 g/mol. The predicted molar refractivity (Wildman–Crippen MR) is 102 cm³/mol. The molecule has 3 aromatic rings. The largest absolute Gasteiger partial charge is 0.383 e. The Morgan fingerprint density at radius 3 is 2.54 bits per heavy atom. The van der Waals surface area contributed by atoms with Crippen LogP contribution in [0.15, 0.2) is 30.3 Å². The Kier molecular flexibility index (Phi) is 4.64. The van der Waals surface area contributed by atoms with Gasteiger partial charge in [-0.05, 0) is 41.8 Å². The van der Waals surface area contributed by atoms with E-state index in [0.717, 1.165) is 34.1 Å². The number of nitrogens with one attached hydrogen (secondary N) is 1. The van der Waals surface area contributed by atoms with Gasteiger partial charge in [-0.2, -0.15) is 4.98 Å². The van der Waals surface area contributed by atoms with Crippen LogP contribution in [-0.2, 0) is 13.0 Å². The summed E-state index contributed by atoms with van der Waals surface area (Å²) in [7, 11) is 0. The zero-order chi connectivity index (χ0) is 17.3. The number of nitrogens with two attached hydrogens (primary N) is 2. The number of nitrogen functional groups attached to an aromatic ring is 2. The van der Waals surface area contributed by atoms with Gasteiger partial charge in [-0.1, -0.05) is 36.2 Å². The first-order chi connectivity index (χ1) is 11.5. The molecule has 0 spiro atoms. The summed E-state index contributed by atoms with van der Waals surface area (Å²) in [5, 5.41) is 5.26. The smallest absolute Gasteiger partial charge is 0.222 e. The molecule has 24 heavy (non-hydrogen) atoms. The Bertz CT molecular complexity index is 911. The number of aryl methyl sites for hydroxylation is 1. The highest BCUT2D eigenvalue weighted by Crippen LogP contribution is 2.28. The number of halogens is 2. The summed E-state index contributed by atoms with van der Waals surface area (Å²) in [6.07, 6.45) is 0.813.